The number of furan rings is 1. The van der Waals surface area contributed by atoms with Crippen LogP contribution >= 0.6 is 0 Å². The van der Waals surface area contributed by atoms with E-state index in [1.165, 1.54) is 6.42 Å². The zero-order valence-corrected chi connectivity index (χ0v) is 9.20. The standard InChI is InChI=1S/C12H19NO2/c1-12(9-14)6-2-5-11(12)13-8-10-4-3-7-15-10/h3-4,7,11,13-14H,2,5-6,8-9H2,1H3. The van der Waals surface area contributed by atoms with Crippen molar-refractivity contribution in [2.24, 2.45) is 5.41 Å². The maximum atomic E-state index is 9.39. The molecule has 1 saturated carbocycles. The Balaban J connectivity index is 1.89. The van der Waals surface area contributed by atoms with Crippen LogP contribution in [0, 0.1) is 5.41 Å². The molecule has 3 heteroatoms. The molecular weight excluding hydrogens is 190 g/mol. The minimum Gasteiger partial charge on any atom is -0.468 e. The fourth-order valence-corrected chi connectivity index (χ4v) is 2.41. The second-order valence-electron chi connectivity index (χ2n) is 4.72. The van der Waals surface area contributed by atoms with Gasteiger partial charge in [-0.1, -0.05) is 13.3 Å². The van der Waals surface area contributed by atoms with Crippen LogP contribution in [0.5, 0.6) is 0 Å². The van der Waals surface area contributed by atoms with Gasteiger partial charge in [0, 0.05) is 18.1 Å². The fourth-order valence-electron chi connectivity index (χ4n) is 2.41. The summed E-state index contributed by atoms with van der Waals surface area (Å²) in [6, 6.07) is 4.28. The molecule has 0 saturated heterocycles. The normalized spacial score (nSPS) is 30.9. The van der Waals surface area contributed by atoms with Crippen LogP contribution in [0.1, 0.15) is 31.9 Å². The lowest BCUT2D eigenvalue weighted by Crippen LogP contribution is -2.41. The molecule has 1 fully saturated rings. The number of aliphatic hydroxyl groups excluding tert-OH is 1. The van der Waals surface area contributed by atoms with Gasteiger partial charge in [0.25, 0.3) is 0 Å². The van der Waals surface area contributed by atoms with E-state index in [2.05, 4.69) is 12.2 Å². The molecule has 2 rings (SSSR count). The Kier molecular flexibility index (Phi) is 3.12. The summed E-state index contributed by atoms with van der Waals surface area (Å²) in [5.41, 5.74) is 0.0482. The molecule has 1 aliphatic carbocycles. The quantitative estimate of drug-likeness (QED) is 0.796. The Morgan fingerprint density at radius 3 is 3.20 bits per heavy atom. The minimum atomic E-state index is 0.0482. The van der Waals surface area contributed by atoms with Gasteiger partial charge in [0.1, 0.15) is 5.76 Å². The monoisotopic (exact) mass is 209 g/mol. The Hall–Kier alpha value is -0.800. The highest BCUT2D eigenvalue weighted by Gasteiger charge is 2.37. The van der Waals surface area contributed by atoms with Crippen LogP contribution in [0.2, 0.25) is 0 Å². The number of aliphatic hydroxyl groups is 1. The third-order valence-corrected chi connectivity index (χ3v) is 3.55. The van der Waals surface area contributed by atoms with Crippen LogP contribution < -0.4 is 5.32 Å². The predicted octanol–water partition coefficient (Wildman–Crippen LogP) is 1.92. The topological polar surface area (TPSA) is 45.4 Å². The average molecular weight is 209 g/mol. The highest BCUT2D eigenvalue weighted by atomic mass is 16.3. The van der Waals surface area contributed by atoms with E-state index in [4.69, 9.17) is 4.42 Å². The van der Waals surface area contributed by atoms with Crippen LogP contribution in [-0.2, 0) is 6.54 Å². The molecule has 0 amide bonds. The predicted molar refractivity (Wildman–Crippen MR) is 58.4 cm³/mol. The van der Waals surface area contributed by atoms with E-state index in [9.17, 15) is 5.11 Å². The Bertz CT molecular complexity index is 297. The lowest BCUT2D eigenvalue weighted by molar-refractivity contribution is 0.117. The summed E-state index contributed by atoms with van der Waals surface area (Å²) in [5.74, 6) is 0.960. The van der Waals surface area contributed by atoms with Gasteiger partial charge in [-0.2, -0.15) is 0 Å². The average Bonchev–Trinajstić information content (AvgIpc) is 2.85. The van der Waals surface area contributed by atoms with E-state index in [1.54, 1.807) is 6.26 Å². The molecule has 0 bridgehead atoms. The van der Waals surface area contributed by atoms with Crippen molar-refractivity contribution in [3.63, 3.8) is 0 Å². The van der Waals surface area contributed by atoms with Crippen LogP contribution in [0.3, 0.4) is 0 Å². The second kappa shape index (κ2) is 4.37. The third-order valence-electron chi connectivity index (χ3n) is 3.55. The van der Waals surface area contributed by atoms with Gasteiger partial charge >= 0.3 is 0 Å². The Morgan fingerprint density at radius 1 is 1.67 bits per heavy atom. The van der Waals surface area contributed by atoms with Gasteiger partial charge in [0.05, 0.1) is 12.8 Å². The van der Waals surface area contributed by atoms with Crippen molar-refractivity contribution in [2.75, 3.05) is 6.61 Å². The maximum absolute atomic E-state index is 9.39. The molecule has 1 heterocycles. The van der Waals surface area contributed by atoms with Crippen molar-refractivity contribution >= 4 is 0 Å². The summed E-state index contributed by atoms with van der Waals surface area (Å²) in [6.07, 6.45) is 5.15. The first kappa shape index (κ1) is 10.7. The molecule has 0 radical (unpaired) electrons. The summed E-state index contributed by atoms with van der Waals surface area (Å²) < 4.78 is 5.27. The Morgan fingerprint density at radius 2 is 2.53 bits per heavy atom. The first-order chi connectivity index (χ1) is 7.24. The van der Waals surface area contributed by atoms with Crippen molar-refractivity contribution in [1.82, 2.24) is 5.32 Å². The van der Waals surface area contributed by atoms with Crippen molar-refractivity contribution in [2.45, 2.75) is 38.8 Å². The molecule has 2 unspecified atom stereocenters. The second-order valence-corrected chi connectivity index (χ2v) is 4.72. The first-order valence-corrected chi connectivity index (χ1v) is 5.61. The third kappa shape index (κ3) is 2.24. The van der Waals surface area contributed by atoms with Crippen LogP contribution in [0.25, 0.3) is 0 Å². The van der Waals surface area contributed by atoms with Gasteiger partial charge in [0.2, 0.25) is 0 Å². The van der Waals surface area contributed by atoms with E-state index < -0.39 is 0 Å². The van der Waals surface area contributed by atoms with Gasteiger partial charge in [-0.3, -0.25) is 0 Å². The molecule has 2 atom stereocenters. The summed E-state index contributed by atoms with van der Waals surface area (Å²) in [7, 11) is 0. The summed E-state index contributed by atoms with van der Waals surface area (Å²) in [4.78, 5) is 0. The summed E-state index contributed by atoms with van der Waals surface area (Å²) >= 11 is 0. The number of hydrogen-bond acceptors (Lipinski definition) is 3. The van der Waals surface area contributed by atoms with Crippen molar-refractivity contribution in [3.8, 4) is 0 Å². The molecule has 1 aromatic rings. The smallest absolute Gasteiger partial charge is 0.117 e. The van der Waals surface area contributed by atoms with Gasteiger partial charge < -0.3 is 14.8 Å². The molecule has 0 spiro atoms. The molecule has 84 valence electrons. The van der Waals surface area contributed by atoms with Gasteiger partial charge in [-0.15, -0.1) is 0 Å². The van der Waals surface area contributed by atoms with E-state index in [-0.39, 0.29) is 12.0 Å². The lowest BCUT2D eigenvalue weighted by Gasteiger charge is -2.30. The number of hydrogen-bond donors (Lipinski definition) is 2. The minimum absolute atomic E-state index is 0.0482. The highest BCUT2D eigenvalue weighted by molar-refractivity contribution is 5.00. The highest BCUT2D eigenvalue weighted by Crippen LogP contribution is 2.37. The van der Waals surface area contributed by atoms with Crippen molar-refractivity contribution < 1.29 is 9.52 Å². The maximum Gasteiger partial charge on any atom is 0.117 e. The molecule has 3 nitrogen and oxygen atoms in total. The summed E-state index contributed by atoms with van der Waals surface area (Å²) in [6.45, 7) is 3.18. The van der Waals surface area contributed by atoms with Crippen LogP contribution in [0.15, 0.2) is 22.8 Å². The first-order valence-electron chi connectivity index (χ1n) is 5.61. The number of nitrogens with one attached hydrogen (secondary N) is 1. The van der Waals surface area contributed by atoms with E-state index >= 15 is 0 Å². The molecule has 2 N–H and O–H groups in total. The molecule has 15 heavy (non-hydrogen) atoms. The van der Waals surface area contributed by atoms with Gasteiger partial charge in [-0.25, -0.2) is 0 Å². The molecular formula is C12H19NO2. The van der Waals surface area contributed by atoms with Crippen LogP contribution in [0.4, 0.5) is 0 Å². The molecule has 1 aliphatic rings. The molecule has 1 aromatic heterocycles. The fraction of sp³-hybridized carbons (Fsp3) is 0.667. The largest absolute Gasteiger partial charge is 0.468 e. The van der Waals surface area contributed by atoms with Gasteiger partial charge in [0.15, 0.2) is 0 Å². The molecule has 0 aromatic carbocycles. The van der Waals surface area contributed by atoms with E-state index in [0.717, 1.165) is 25.1 Å². The Labute approximate surface area is 90.5 Å². The van der Waals surface area contributed by atoms with E-state index in [0.29, 0.717) is 6.04 Å². The SMILES string of the molecule is CC1(CO)CCCC1NCc1ccco1. The zero-order valence-electron chi connectivity index (χ0n) is 9.20. The molecule has 0 aliphatic heterocycles. The van der Waals surface area contributed by atoms with Crippen molar-refractivity contribution in [3.05, 3.63) is 24.2 Å². The summed E-state index contributed by atoms with van der Waals surface area (Å²) in [5, 5.41) is 12.9. The number of rotatable bonds is 4. The van der Waals surface area contributed by atoms with Crippen LogP contribution in [-0.4, -0.2) is 17.8 Å². The lowest BCUT2D eigenvalue weighted by atomic mass is 9.86. The van der Waals surface area contributed by atoms with Gasteiger partial charge in [-0.05, 0) is 25.0 Å². The zero-order chi connectivity index (χ0) is 10.7. The van der Waals surface area contributed by atoms with Crippen molar-refractivity contribution in [1.29, 1.82) is 0 Å². The van der Waals surface area contributed by atoms with E-state index in [1.807, 2.05) is 12.1 Å².